The monoisotopic (exact) mass is 282 g/mol. The highest BCUT2D eigenvalue weighted by molar-refractivity contribution is 5.97. The van der Waals surface area contributed by atoms with Gasteiger partial charge >= 0.3 is 0 Å². The number of fused-ring (bicyclic) bond motifs is 1. The largest absolute Gasteiger partial charge is 0.350 e. The third kappa shape index (κ3) is 2.37. The van der Waals surface area contributed by atoms with E-state index in [0.717, 1.165) is 29.6 Å². The van der Waals surface area contributed by atoms with Crippen LogP contribution in [-0.4, -0.2) is 31.1 Å². The molecule has 7 nitrogen and oxygen atoms in total. The molecule has 1 aliphatic carbocycles. The Bertz CT molecular complexity index is 768. The predicted molar refractivity (Wildman–Crippen MR) is 75.6 cm³/mol. The average molecular weight is 282 g/mol. The van der Waals surface area contributed by atoms with Crippen molar-refractivity contribution < 1.29 is 4.79 Å². The Hall–Kier alpha value is -2.70. The SMILES string of the molecule is O=C(NCc1nc(C2CC2)n[nH]1)c1cc2cnccc2[nH]1. The number of carbonyl (C=O) groups excluding carboxylic acids is 1. The number of nitrogens with one attached hydrogen (secondary N) is 3. The Morgan fingerprint density at radius 3 is 3.14 bits per heavy atom. The van der Waals surface area contributed by atoms with E-state index >= 15 is 0 Å². The molecule has 106 valence electrons. The van der Waals surface area contributed by atoms with Gasteiger partial charge in [0, 0.05) is 29.2 Å². The number of hydrogen-bond acceptors (Lipinski definition) is 4. The van der Waals surface area contributed by atoms with Gasteiger partial charge in [0.05, 0.1) is 6.54 Å². The van der Waals surface area contributed by atoms with Gasteiger partial charge in [-0.1, -0.05) is 0 Å². The van der Waals surface area contributed by atoms with Gasteiger partial charge in [0.1, 0.15) is 11.5 Å². The van der Waals surface area contributed by atoms with Crippen LogP contribution >= 0.6 is 0 Å². The van der Waals surface area contributed by atoms with Crippen molar-refractivity contribution in [3.63, 3.8) is 0 Å². The summed E-state index contributed by atoms with van der Waals surface area (Å²) >= 11 is 0. The number of nitrogens with zero attached hydrogens (tertiary/aromatic N) is 3. The maximum Gasteiger partial charge on any atom is 0.268 e. The molecular weight excluding hydrogens is 268 g/mol. The first-order valence-electron chi connectivity index (χ1n) is 6.92. The van der Waals surface area contributed by atoms with E-state index in [1.165, 1.54) is 0 Å². The molecule has 0 atom stereocenters. The second-order valence-corrected chi connectivity index (χ2v) is 5.24. The zero-order valence-electron chi connectivity index (χ0n) is 11.3. The number of pyridine rings is 1. The summed E-state index contributed by atoms with van der Waals surface area (Å²) in [5.74, 6) is 1.88. The third-order valence-corrected chi connectivity index (χ3v) is 3.57. The molecule has 1 aliphatic rings. The maximum absolute atomic E-state index is 12.1. The van der Waals surface area contributed by atoms with Crippen LogP contribution in [0.5, 0.6) is 0 Å². The van der Waals surface area contributed by atoms with Gasteiger partial charge in [-0.3, -0.25) is 14.9 Å². The van der Waals surface area contributed by atoms with Crippen LogP contribution < -0.4 is 5.32 Å². The lowest BCUT2D eigenvalue weighted by atomic mass is 10.3. The lowest BCUT2D eigenvalue weighted by molar-refractivity contribution is 0.0946. The van der Waals surface area contributed by atoms with E-state index in [0.29, 0.717) is 24.0 Å². The van der Waals surface area contributed by atoms with Crippen molar-refractivity contribution in [2.75, 3.05) is 0 Å². The molecule has 3 heterocycles. The minimum absolute atomic E-state index is 0.171. The molecule has 1 fully saturated rings. The molecule has 0 aliphatic heterocycles. The van der Waals surface area contributed by atoms with Gasteiger partial charge in [0.2, 0.25) is 0 Å². The molecule has 0 unspecified atom stereocenters. The summed E-state index contributed by atoms with van der Waals surface area (Å²) in [7, 11) is 0. The molecular formula is C14H14N6O. The van der Waals surface area contributed by atoms with Crippen molar-refractivity contribution in [3.05, 3.63) is 41.9 Å². The lowest BCUT2D eigenvalue weighted by Gasteiger charge is -2.00. The molecule has 1 saturated carbocycles. The van der Waals surface area contributed by atoms with Crippen molar-refractivity contribution >= 4 is 16.8 Å². The Morgan fingerprint density at radius 1 is 1.43 bits per heavy atom. The minimum Gasteiger partial charge on any atom is -0.350 e. The van der Waals surface area contributed by atoms with Crippen LogP contribution in [0.3, 0.4) is 0 Å². The number of H-pyrrole nitrogens is 2. The zero-order valence-corrected chi connectivity index (χ0v) is 11.3. The van der Waals surface area contributed by atoms with Crippen molar-refractivity contribution in [1.82, 2.24) is 30.5 Å². The Morgan fingerprint density at radius 2 is 2.33 bits per heavy atom. The third-order valence-electron chi connectivity index (χ3n) is 3.57. The van der Waals surface area contributed by atoms with Gasteiger partial charge in [0.25, 0.3) is 5.91 Å². The summed E-state index contributed by atoms with van der Waals surface area (Å²) in [6.45, 7) is 0.339. The Kier molecular flexibility index (Phi) is 2.70. The minimum atomic E-state index is -0.171. The Balaban J connectivity index is 1.44. The maximum atomic E-state index is 12.1. The van der Waals surface area contributed by atoms with Crippen LogP contribution in [-0.2, 0) is 6.54 Å². The molecule has 0 radical (unpaired) electrons. The average Bonchev–Trinajstić information content (AvgIpc) is 3.09. The summed E-state index contributed by atoms with van der Waals surface area (Å²) in [6.07, 6.45) is 5.73. The summed E-state index contributed by atoms with van der Waals surface area (Å²) in [4.78, 5) is 23.6. The number of amides is 1. The number of carbonyl (C=O) groups is 1. The van der Waals surface area contributed by atoms with Crippen molar-refractivity contribution in [1.29, 1.82) is 0 Å². The summed E-state index contributed by atoms with van der Waals surface area (Å²) in [5, 5.41) is 10.8. The lowest BCUT2D eigenvalue weighted by Crippen LogP contribution is -2.23. The van der Waals surface area contributed by atoms with E-state index in [9.17, 15) is 4.79 Å². The van der Waals surface area contributed by atoms with E-state index in [2.05, 4.69) is 30.5 Å². The fourth-order valence-corrected chi connectivity index (χ4v) is 2.27. The predicted octanol–water partition coefficient (Wildman–Crippen LogP) is 1.49. The van der Waals surface area contributed by atoms with Crippen LogP contribution in [0.25, 0.3) is 10.9 Å². The van der Waals surface area contributed by atoms with E-state index < -0.39 is 0 Å². The van der Waals surface area contributed by atoms with E-state index in [4.69, 9.17) is 0 Å². The number of rotatable bonds is 4. The highest BCUT2D eigenvalue weighted by Gasteiger charge is 2.27. The van der Waals surface area contributed by atoms with Gasteiger partial charge in [-0.2, -0.15) is 5.10 Å². The molecule has 7 heteroatoms. The van der Waals surface area contributed by atoms with E-state index in [1.54, 1.807) is 18.5 Å². The molecule has 4 rings (SSSR count). The smallest absolute Gasteiger partial charge is 0.268 e. The fourth-order valence-electron chi connectivity index (χ4n) is 2.27. The second-order valence-electron chi connectivity index (χ2n) is 5.24. The molecule has 1 amide bonds. The number of aromatic nitrogens is 5. The van der Waals surface area contributed by atoms with Crippen molar-refractivity contribution in [3.8, 4) is 0 Å². The van der Waals surface area contributed by atoms with Gasteiger partial charge in [-0.25, -0.2) is 4.98 Å². The number of aromatic amines is 2. The van der Waals surface area contributed by atoms with E-state index in [1.807, 2.05) is 6.07 Å². The van der Waals surface area contributed by atoms with Gasteiger partial charge < -0.3 is 10.3 Å². The van der Waals surface area contributed by atoms with Crippen LogP contribution in [0.1, 0.15) is 40.9 Å². The first kappa shape index (κ1) is 12.1. The normalized spacial score (nSPS) is 14.5. The van der Waals surface area contributed by atoms with Crippen LogP contribution in [0.15, 0.2) is 24.5 Å². The molecule has 0 saturated heterocycles. The molecule has 3 N–H and O–H groups in total. The highest BCUT2D eigenvalue weighted by atomic mass is 16.1. The van der Waals surface area contributed by atoms with Gasteiger partial charge in [-0.05, 0) is 25.0 Å². The fraction of sp³-hybridized carbons (Fsp3) is 0.286. The topological polar surface area (TPSA) is 99.3 Å². The highest BCUT2D eigenvalue weighted by Crippen LogP contribution is 2.37. The van der Waals surface area contributed by atoms with Crippen molar-refractivity contribution in [2.45, 2.75) is 25.3 Å². The van der Waals surface area contributed by atoms with Crippen LogP contribution in [0.4, 0.5) is 0 Å². The first-order valence-corrected chi connectivity index (χ1v) is 6.92. The first-order chi connectivity index (χ1) is 10.3. The second kappa shape index (κ2) is 4.69. The van der Waals surface area contributed by atoms with Crippen LogP contribution in [0.2, 0.25) is 0 Å². The molecule has 3 aromatic heterocycles. The quantitative estimate of drug-likeness (QED) is 0.675. The van der Waals surface area contributed by atoms with Gasteiger partial charge in [-0.15, -0.1) is 0 Å². The van der Waals surface area contributed by atoms with E-state index in [-0.39, 0.29) is 5.91 Å². The summed E-state index contributed by atoms with van der Waals surface area (Å²) in [5.41, 5.74) is 1.41. The standard InChI is InChI=1S/C14H14N6O/c21-14(11-5-9-6-15-4-3-10(9)17-11)16-7-12-18-13(20-19-12)8-1-2-8/h3-6,8,17H,1-2,7H2,(H,16,21)(H,18,19,20). The van der Waals surface area contributed by atoms with Gasteiger partial charge in [0.15, 0.2) is 5.82 Å². The molecule has 0 aromatic carbocycles. The summed E-state index contributed by atoms with van der Waals surface area (Å²) < 4.78 is 0. The number of hydrogen-bond donors (Lipinski definition) is 3. The summed E-state index contributed by atoms with van der Waals surface area (Å²) in [6, 6.07) is 3.62. The van der Waals surface area contributed by atoms with Crippen molar-refractivity contribution in [2.24, 2.45) is 0 Å². The zero-order chi connectivity index (χ0) is 14.2. The molecule has 3 aromatic rings. The molecule has 21 heavy (non-hydrogen) atoms. The molecule has 0 bridgehead atoms. The van der Waals surface area contributed by atoms with Crippen LogP contribution in [0, 0.1) is 0 Å². The molecule has 0 spiro atoms. The Labute approximate surface area is 120 Å².